The Bertz CT molecular complexity index is 519. The highest BCUT2D eigenvalue weighted by Gasteiger charge is 2.15. The van der Waals surface area contributed by atoms with E-state index in [1.165, 1.54) is 0 Å². The highest BCUT2D eigenvalue weighted by Crippen LogP contribution is 2.12. The van der Waals surface area contributed by atoms with E-state index in [0.717, 1.165) is 63.9 Å². The maximum Gasteiger partial charge on any atom is 0.213 e. The Morgan fingerprint density at radius 2 is 2.36 bits per heavy atom. The van der Waals surface area contributed by atoms with E-state index >= 15 is 0 Å². The molecule has 2 heterocycles. The lowest BCUT2D eigenvalue weighted by atomic mass is 10.1. The molecule has 0 radical (unpaired) electrons. The Balaban J connectivity index is 1.66. The summed E-state index contributed by atoms with van der Waals surface area (Å²) in [4.78, 5) is 8.70. The van der Waals surface area contributed by atoms with Crippen LogP contribution in [0.3, 0.4) is 0 Å². The molecule has 1 saturated heterocycles. The van der Waals surface area contributed by atoms with Crippen LogP contribution in [-0.4, -0.2) is 57.6 Å². The van der Waals surface area contributed by atoms with Crippen molar-refractivity contribution in [2.24, 2.45) is 10.9 Å². The smallest absolute Gasteiger partial charge is 0.213 e. The number of rotatable bonds is 10. The van der Waals surface area contributed by atoms with Crippen LogP contribution in [-0.2, 0) is 16.0 Å². The van der Waals surface area contributed by atoms with Crippen molar-refractivity contribution < 1.29 is 14.2 Å². The average molecular weight is 350 g/mol. The van der Waals surface area contributed by atoms with Crippen LogP contribution in [0, 0.1) is 5.92 Å². The predicted octanol–water partition coefficient (Wildman–Crippen LogP) is 1.59. The summed E-state index contributed by atoms with van der Waals surface area (Å²) >= 11 is 0. The molecule has 0 spiro atoms. The molecule has 0 aliphatic carbocycles. The van der Waals surface area contributed by atoms with Crippen molar-refractivity contribution in [2.45, 2.75) is 26.3 Å². The number of aliphatic imine (C=N–C) groups is 1. The quantitative estimate of drug-likeness (QED) is 0.379. The largest absolute Gasteiger partial charge is 0.481 e. The summed E-state index contributed by atoms with van der Waals surface area (Å²) in [6, 6.07) is 3.84. The van der Waals surface area contributed by atoms with E-state index in [2.05, 4.69) is 27.5 Å². The maximum absolute atomic E-state index is 5.71. The van der Waals surface area contributed by atoms with Crippen molar-refractivity contribution >= 4 is 5.96 Å². The minimum absolute atomic E-state index is 0.573. The second-order valence-corrected chi connectivity index (χ2v) is 5.99. The van der Waals surface area contributed by atoms with Gasteiger partial charge in [-0.3, -0.25) is 0 Å². The molecule has 140 valence electrons. The van der Waals surface area contributed by atoms with Crippen molar-refractivity contribution in [1.82, 2.24) is 15.6 Å². The van der Waals surface area contributed by atoms with E-state index in [4.69, 9.17) is 14.2 Å². The van der Waals surface area contributed by atoms with Gasteiger partial charge in [-0.1, -0.05) is 0 Å². The van der Waals surface area contributed by atoms with E-state index < -0.39 is 0 Å². The van der Waals surface area contributed by atoms with Crippen LogP contribution in [0.4, 0.5) is 0 Å². The zero-order chi connectivity index (χ0) is 17.7. The van der Waals surface area contributed by atoms with Gasteiger partial charge in [-0.2, -0.15) is 0 Å². The van der Waals surface area contributed by atoms with Gasteiger partial charge in [0.1, 0.15) is 0 Å². The monoisotopic (exact) mass is 350 g/mol. The fourth-order valence-electron chi connectivity index (χ4n) is 2.52. The first-order valence-corrected chi connectivity index (χ1v) is 8.98. The van der Waals surface area contributed by atoms with Crippen LogP contribution in [0.2, 0.25) is 0 Å². The van der Waals surface area contributed by atoms with E-state index in [0.29, 0.717) is 18.3 Å². The van der Waals surface area contributed by atoms with Crippen molar-refractivity contribution in [3.8, 4) is 5.88 Å². The SMILES string of the molecule is CCNC(=NCc1ccnc(OC)c1)NCCCOCC1CCOC1. The fourth-order valence-corrected chi connectivity index (χ4v) is 2.52. The number of hydrogen-bond donors (Lipinski definition) is 2. The zero-order valence-electron chi connectivity index (χ0n) is 15.3. The summed E-state index contributed by atoms with van der Waals surface area (Å²) < 4.78 is 16.2. The van der Waals surface area contributed by atoms with E-state index in [-0.39, 0.29) is 0 Å². The molecule has 1 aliphatic heterocycles. The number of ether oxygens (including phenoxy) is 3. The van der Waals surface area contributed by atoms with Gasteiger partial charge >= 0.3 is 0 Å². The molecule has 1 atom stereocenters. The Labute approximate surface area is 150 Å². The molecule has 7 heteroatoms. The number of nitrogens with one attached hydrogen (secondary N) is 2. The van der Waals surface area contributed by atoms with Gasteiger partial charge in [-0.25, -0.2) is 9.98 Å². The lowest BCUT2D eigenvalue weighted by Crippen LogP contribution is -2.38. The van der Waals surface area contributed by atoms with Crippen molar-refractivity contribution in [1.29, 1.82) is 0 Å². The van der Waals surface area contributed by atoms with Gasteiger partial charge in [0.2, 0.25) is 5.88 Å². The van der Waals surface area contributed by atoms with Crippen LogP contribution < -0.4 is 15.4 Å². The number of nitrogens with zero attached hydrogens (tertiary/aromatic N) is 2. The van der Waals surface area contributed by atoms with Crippen molar-refractivity contribution in [3.05, 3.63) is 23.9 Å². The van der Waals surface area contributed by atoms with E-state index in [9.17, 15) is 0 Å². The number of methoxy groups -OCH3 is 1. The predicted molar refractivity (Wildman–Crippen MR) is 98.0 cm³/mol. The summed E-state index contributed by atoms with van der Waals surface area (Å²) in [5, 5.41) is 6.59. The zero-order valence-corrected chi connectivity index (χ0v) is 15.3. The molecule has 1 aromatic heterocycles. The lowest BCUT2D eigenvalue weighted by molar-refractivity contribution is 0.0888. The number of guanidine groups is 1. The molecule has 0 aromatic carbocycles. The average Bonchev–Trinajstić information content (AvgIpc) is 3.16. The van der Waals surface area contributed by atoms with Crippen molar-refractivity contribution in [2.75, 3.05) is 46.6 Å². The maximum atomic E-state index is 5.71. The van der Waals surface area contributed by atoms with Gasteiger partial charge in [0.05, 0.1) is 26.9 Å². The molecule has 7 nitrogen and oxygen atoms in total. The minimum Gasteiger partial charge on any atom is -0.481 e. The molecule has 25 heavy (non-hydrogen) atoms. The summed E-state index contributed by atoms with van der Waals surface area (Å²) in [6.07, 6.45) is 3.80. The lowest BCUT2D eigenvalue weighted by Gasteiger charge is -2.12. The molecule has 1 unspecified atom stereocenters. The van der Waals surface area contributed by atoms with E-state index in [1.807, 2.05) is 12.1 Å². The normalized spacial score (nSPS) is 17.5. The second kappa shape index (κ2) is 11.7. The number of hydrogen-bond acceptors (Lipinski definition) is 5. The molecular formula is C18H30N4O3. The molecule has 0 amide bonds. The van der Waals surface area contributed by atoms with Crippen molar-refractivity contribution in [3.63, 3.8) is 0 Å². The Kier molecular flexibility index (Phi) is 9.07. The standard InChI is InChI=1S/C18H30N4O3/c1-3-19-18(22-12-15-5-8-20-17(11-15)23-2)21-7-4-9-24-13-16-6-10-25-14-16/h5,8,11,16H,3-4,6-7,9-10,12-14H2,1-2H3,(H2,19,21,22). The van der Waals surface area contributed by atoms with Crippen LogP contribution in [0.1, 0.15) is 25.3 Å². The third kappa shape index (κ3) is 7.70. The van der Waals surface area contributed by atoms with Gasteiger partial charge in [-0.05, 0) is 31.4 Å². The number of pyridine rings is 1. The van der Waals surface area contributed by atoms with Crippen LogP contribution in [0.5, 0.6) is 5.88 Å². The first-order valence-electron chi connectivity index (χ1n) is 8.98. The van der Waals surface area contributed by atoms with Crippen LogP contribution >= 0.6 is 0 Å². The molecule has 2 rings (SSSR count). The third-order valence-electron chi connectivity index (χ3n) is 3.91. The summed E-state index contributed by atoms with van der Waals surface area (Å²) in [5.41, 5.74) is 1.06. The van der Waals surface area contributed by atoms with E-state index in [1.54, 1.807) is 13.3 Å². The summed E-state index contributed by atoms with van der Waals surface area (Å²) in [7, 11) is 1.61. The van der Waals surface area contributed by atoms with Gasteiger partial charge in [0.25, 0.3) is 0 Å². The molecule has 1 aliphatic rings. The van der Waals surface area contributed by atoms with Gasteiger partial charge in [0, 0.05) is 44.5 Å². The first kappa shape index (κ1) is 19.5. The second-order valence-electron chi connectivity index (χ2n) is 5.99. The third-order valence-corrected chi connectivity index (χ3v) is 3.91. The van der Waals surface area contributed by atoms with Crippen LogP contribution in [0.15, 0.2) is 23.3 Å². The molecule has 1 aromatic rings. The molecule has 0 bridgehead atoms. The molecule has 1 fully saturated rings. The first-order chi connectivity index (χ1) is 12.3. The van der Waals surface area contributed by atoms with Crippen LogP contribution in [0.25, 0.3) is 0 Å². The Hall–Kier alpha value is -1.86. The summed E-state index contributed by atoms with van der Waals surface area (Å²) in [6.45, 7) is 7.56. The van der Waals surface area contributed by atoms with Gasteiger partial charge in [0.15, 0.2) is 5.96 Å². The minimum atomic E-state index is 0.573. The topological polar surface area (TPSA) is 77.0 Å². The highest BCUT2D eigenvalue weighted by atomic mass is 16.5. The van der Waals surface area contributed by atoms with Gasteiger partial charge < -0.3 is 24.8 Å². The van der Waals surface area contributed by atoms with Gasteiger partial charge in [-0.15, -0.1) is 0 Å². The molecule has 0 saturated carbocycles. The molecular weight excluding hydrogens is 320 g/mol. The summed E-state index contributed by atoms with van der Waals surface area (Å²) in [5.74, 6) is 1.99. The Morgan fingerprint density at radius 3 is 3.12 bits per heavy atom. The Morgan fingerprint density at radius 1 is 1.44 bits per heavy atom. The molecule has 2 N–H and O–H groups in total. The highest BCUT2D eigenvalue weighted by molar-refractivity contribution is 5.79. The fraction of sp³-hybridized carbons (Fsp3) is 0.667. The number of aromatic nitrogens is 1.